The summed E-state index contributed by atoms with van der Waals surface area (Å²) < 4.78 is 11.8. The minimum atomic E-state index is -1.24. The standard InChI is InChI=1S/C29H33N3O6/c1-19-14-23(16-26(34)30-11-5-8-22(30)18-33)38-29(19)24-15-21(31-12-13-37-28(31)36)9-10-25(24)32(27(29)35)17-20-6-3-2-4-7-20/h2-4,6-7,9-10,15,19,22-23,33H,5,8,11-14,16-18H2,1H3/t19-,22+,23-,29+/m1/s1. The maximum Gasteiger partial charge on any atom is 0.414 e. The second-order valence-electron chi connectivity index (χ2n) is 10.7. The molecule has 0 radical (unpaired) electrons. The molecule has 3 fully saturated rings. The minimum absolute atomic E-state index is 0.0420. The molecule has 2 aromatic carbocycles. The zero-order valence-corrected chi connectivity index (χ0v) is 21.5. The fourth-order valence-electron chi connectivity index (χ4n) is 6.57. The second-order valence-corrected chi connectivity index (χ2v) is 10.7. The quantitative estimate of drug-likeness (QED) is 0.630. The third-order valence-electron chi connectivity index (χ3n) is 8.46. The number of amides is 3. The SMILES string of the molecule is C[C@@H]1C[C@H](CC(=O)N2CCC[C@H]2CO)O[C@@]12C(=O)N(Cc1ccccc1)c1ccc(N3CCOC3=O)cc12. The Hall–Kier alpha value is -3.43. The van der Waals surface area contributed by atoms with Gasteiger partial charge in [-0.3, -0.25) is 14.5 Å². The summed E-state index contributed by atoms with van der Waals surface area (Å²) in [7, 11) is 0. The van der Waals surface area contributed by atoms with E-state index in [0.717, 1.165) is 29.7 Å². The van der Waals surface area contributed by atoms with Crippen LogP contribution in [0.5, 0.6) is 0 Å². The average molecular weight is 520 g/mol. The van der Waals surface area contributed by atoms with E-state index >= 15 is 0 Å². The predicted molar refractivity (Wildman–Crippen MR) is 140 cm³/mol. The molecule has 0 saturated carbocycles. The lowest BCUT2D eigenvalue weighted by Gasteiger charge is -2.29. The predicted octanol–water partition coefficient (Wildman–Crippen LogP) is 3.18. The van der Waals surface area contributed by atoms with Crippen molar-refractivity contribution in [1.82, 2.24) is 4.90 Å². The molecule has 4 aliphatic heterocycles. The minimum Gasteiger partial charge on any atom is -0.447 e. The monoisotopic (exact) mass is 519 g/mol. The van der Waals surface area contributed by atoms with Crippen LogP contribution in [0.15, 0.2) is 48.5 Å². The van der Waals surface area contributed by atoms with Crippen LogP contribution >= 0.6 is 0 Å². The van der Waals surface area contributed by atoms with Crippen LogP contribution in [0.4, 0.5) is 16.2 Å². The molecule has 1 N–H and O–H groups in total. The lowest BCUT2D eigenvalue weighted by atomic mass is 9.82. The maximum atomic E-state index is 14.3. The molecule has 3 amide bonds. The highest BCUT2D eigenvalue weighted by Gasteiger charge is 2.60. The van der Waals surface area contributed by atoms with Crippen molar-refractivity contribution >= 4 is 29.3 Å². The van der Waals surface area contributed by atoms with Gasteiger partial charge >= 0.3 is 6.09 Å². The number of nitrogens with zero attached hydrogens (tertiary/aromatic N) is 3. The fraction of sp³-hybridized carbons (Fsp3) is 0.483. The molecule has 6 rings (SSSR count). The number of benzene rings is 2. The molecule has 9 nitrogen and oxygen atoms in total. The molecular weight excluding hydrogens is 486 g/mol. The van der Waals surface area contributed by atoms with Gasteiger partial charge in [-0.2, -0.15) is 0 Å². The van der Waals surface area contributed by atoms with E-state index in [4.69, 9.17) is 9.47 Å². The van der Waals surface area contributed by atoms with Gasteiger partial charge in [0.15, 0.2) is 5.60 Å². The third kappa shape index (κ3) is 3.96. The normalized spacial score (nSPS) is 28.5. The van der Waals surface area contributed by atoms with Crippen LogP contribution in [0.25, 0.3) is 0 Å². The summed E-state index contributed by atoms with van der Waals surface area (Å²) in [6.07, 6.45) is 1.58. The lowest BCUT2D eigenvalue weighted by Crippen LogP contribution is -2.44. The van der Waals surface area contributed by atoms with Crippen molar-refractivity contribution in [1.29, 1.82) is 0 Å². The number of carbonyl (C=O) groups excluding carboxylic acids is 3. The van der Waals surface area contributed by atoms with Crippen molar-refractivity contribution in [2.45, 2.75) is 56.9 Å². The molecule has 0 bridgehead atoms. The van der Waals surface area contributed by atoms with Crippen LogP contribution in [0.3, 0.4) is 0 Å². The van der Waals surface area contributed by atoms with Gasteiger partial charge in [0, 0.05) is 23.7 Å². The van der Waals surface area contributed by atoms with E-state index in [0.29, 0.717) is 38.3 Å². The van der Waals surface area contributed by atoms with E-state index in [2.05, 4.69) is 0 Å². The average Bonchev–Trinajstić information content (AvgIpc) is 3.69. The molecule has 1 spiro atoms. The number of aliphatic hydroxyl groups excluding tert-OH is 1. The van der Waals surface area contributed by atoms with Crippen LogP contribution in [-0.2, 0) is 31.2 Å². The smallest absolute Gasteiger partial charge is 0.414 e. The topological polar surface area (TPSA) is 99.6 Å². The molecule has 0 unspecified atom stereocenters. The number of hydrogen-bond donors (Lipinski definition) is 1. The summed E-state index contributed by atoms with van der Waals surface area (Å²) in [4.78, 5) is 44.8. The van der Waals surface area contributed by atoms with Crippen molar-refractivity contribution in [3.05, 3.63) is 59.7 Å². The largest absolute Gasteiger partial charge is 0.447 e. The molecule has 4 atom stereocenters. The Kier molecular flexibility index (Phi) is 6.36. The first-order valence-corrected chi connectivity index (χ1v) is 13.4. The van der Waals surface area contributed by atoms with Gasteiger partial charge in [0.2, 0.25) is 5.91 Å². The molecule has 4 aliphatic rings. The summed E-state index contributed by atoms with van der Waals surface area (Å²) in [5.41, 5.74) is 1.91. The molecule has 38 heavy (non-hydrogen) atoms. The number of aliphatic hydroxyl groups is 1. The fourth-order valence-corrected chi connectivity index (χ4v) is 6.57. The van der Waals surface area contributed by atoms with Crippen LogP contribution in [0.1, 0.15) is 43.7 Å². The zero-order valence-electron chi connectivity index (χ0n) is 21.5. The zero-order chi connectivity index (χ0) is 26.4. The summed E-state index contributed by atoms with van der Waals surface area (Å²) in [6.45, 7) is 3.76. The molecular formula is C29H33N3O6. The van der Waals surface area contributed by atoms with Gasteiger partial charge < -0.3 is 24.4 Å². The van der Waals surface area contributed by atoms with E-state index < -0.39 is 17.8 Å². The van der Waals surface area contributed by atoms with Crippen LogP contribution in [0.2, 0.25) is 0 Å². The van der Waals surface area contributed by atoms with Crippen molar-refractivity contribution < 1.29 is 29.0 Å². The van der Waals surface area contributed by atoms with Gasteiger partial charge in [-0.05, 0) is 43.0 Å². The van der Waals surface area contributed by atoms with E-state index in [1.54, 1.807) is 14.7 Å². The first-order valence-electron chi connectivity index (χ1n) is 13.4. The number of ether oxygens (including phenoxy) is 2. The van der Waals surface area contributed by atoms with Gasteiger partial charge in [-0.25, -0.2) is 4.79 Å². The van der Waals surface area contributed by atoms with Crippen molar-refractivity contribution in [2.24, 2.45) is 5.92 Å². The Morgan fingerprint density at radius 1 is 1.13 bits per heavy atom. The molecule has 0 aliphatic carbocycles. The Morgan fingerprint density at radius 2 is 1.95 bits per heavy atom. The number of cyclic esters (lactones) is 1. The van der Waals surface area contributed by atoms with Crippen molar-refractivity contribution in [3.63, 3.8) is 0 Å². The van der Waals surface area contributed by atoms with Gasteiger partial charge in [-0.1, -0.05) is 37.3 Å². The van der Waals surface area contributed by atoms with Crippen molar-refractivity contribution in [2.75, 3.05) is 36.1 Å². The molecule has 200 valence electrons. The number of hydrogen-bond acceptors (Lipinski definition) is 6. The Morgan fingerprint density at radius 3 is 2.68 bits per heavy atom. The van der Waals surface area contributed by atoms with Gasteiger partial charge in [0.25, 0.3) is 5.91 Å². The highest BCUT2D eigenvalue weighted by molar-refractivity contribution is 6.08. The first-order chi connectivity index (χ1) is 18.4. The number of rotatable bonds is 6. The van der Waals surface area contributed by atoms with Gasteiger partial charge in [0.1, 0.15) is 6.61 Å². The Bertz CT molecular complexity index is 1250. The first kappa shape index (κ1) is 24.9. The summed E-state index contributed by atoms with van der Waals surface area (Å²) in [5.74, 6) is -0.370. The molecule has 2 aromatic rings. The number of likely N-dealkylation sites (tertiary alicyclic amines) is 1. The Labute approximate surface area is 221 Å². The number of anilines is 2. The molecule has 3 saturated heterocycles. The summed E-state index contributed by atoms with van der Waals surface area (Å²) in [5, 5.41) is 9.67. The highest BCUT2D eigenvalue weighted by atomic mass is 16.6. The number of fused-ring (bicyclic) bond motifs is 2. The highest BCUT2D eigenvalue weighted by Crippen LogP contribution is 2.54. The van der Waals surface area contributed by atoms with Gasteiger partial charge in [0.05, 0.1) is 44.0 Å². The van der Waals surface area contributed by atoms with Crippen LogP contribution in [-0.4, -0.2) is 66.4 Å². The van der Waals surface area contributed by atoms with E-state index in [1.807, 2.05) is 55.5 Å². The van der Waals surface area contributed by atoms with Gasteiger partial charge in [-0.15, -0.1) is 0 Å². The number of carbonyl (C=O) groups is 3. The van der Waals surface area contributed by atoms with Crippen molar-refractivity contribution in [3.8, 4) is 0 Å². The molecule has 9 heteroatoms. The molecule has 0 aromatic heterocycles. The van der Waals surface area contributed by atoms with Crippen LogP contribution in [0, 0.1) is 5.92 Å². The third-order valence-corrected chi connectivity index (χ3v) is 8.46. The summed E-state index contributed by atoms with van der Waals surface area (Å²) in [6, 6.07) is 15.3. The summed E-state index contributed by atoms with van der Waals surface area (Å²) >= 11 is 0. The van der Waals surface area contributed by atoms with E-state index in [-0.39, 0.29) is 36.8 Å². The lowest BCUT2D eigenvalue weighted by molar-refractivity contribution is -0.150. The molecule has 4 heterocycles. The van der Waals surface area contributed by atoms with Crippen LogP contribution < -0.4 is 9.80 Å². The Balaban J connectivity index is 1.34. The van der Waals surface area contributed by atoms with E-state index in [1.165, 1.54) is 0 Å². The maximum absolute atomic E-state index is 14.3. The second kappa shape index (κ2) is 9.71. The van der Waals surface area contributed by atoms with E-state index in [9.17, 15) is 19.5 Å².